The molecule has 1 amide bonds. The van der Waals surface area contributed by atoms with Gasteiger partial charge in [0.15, 0.2) is 5.96 Å². The van der Waals surface area contributed by atoms with Gasteiger partial charge in [0.05, 0.1) is 6.54 Å². The van der Waals surface area contributed by atoms with Gasteiger partial charge in [0.2, 0.25) is 5.91 Å². The van der Waals surface area contributed by atoms with Crippen LogP contribution in [0.2, 0.25) is 0 Å². The molecule has 7 heteroatoms. The summed E-state index contributed by atoms with van der Waals surface area (Å²) in [5.41, 5.74) is 1.11. The first-order valence-electron chi connectivity index (χ1n) is 10.1. The van der Waals surface area contributed by atoms with Crippen molar-refractivity contribution in [2.75, 3.05) is 26.2 Å². The fourth-order valence-electron chi connectivity index (χ4n) is 3.26. The van der Waals surface area contributed by atoms with Gasteiger partial charge in [0.1, 0.15) is 0 Å². The van der Waals surface area contributed by atoms with Gasteiger partial charge in [-0.3, -0.25) is 14.7 Å². The van der Waals surface area contributed by atoms with Gasteiger partial charge >= 0.3 is 0 Å². The first kappa shape index (κ1) is 24.7. The average molecular weight is 501 g/mol. The fourth-order valence-corrected chi connectivity index (χ4v) is 3.26. The molecule has 0 bridgehead atoms. The number of halogens is 1. The second kappa shape index (κ2) is 13.0. The van der Waals surface area contributed by atoms with E-state index in [2.05, 4.69) is 53.5 Å². The van der Waals surface area contributed by atoms with Crippen molar-refractivity contribution in [1.82, 2.24) is 20.9 Å². The highest BCUT2D eigenvalue weighted by atomic mass is 127. The monoisotopic (exact) mass is 501 g/mol. The van der Waals surface area contributed by atoms with Crippen LogP contribution in [-0.4, -0.2) is 55.0 Å². The van der Waals surface area contributed by atoms with E-state index >= 15 is 0 Å². The van der Waals surface area contributed by atoms with E-state index in [-0.39, 0.29) is 29.9 Å². The second-order valence-corrected chi connectivity index (χ2v) is 7.55. The molecule has 0 saturated carbocycles. The Labute approximate surface area is 187 Å². The predicted octanol–water partition coefficient (Wildman–Crippen LogP) is 2.59. The topological polar surface area (TPSA) is 68.8 Å². The Morgan fingerprint density at radius 3 is 2.54 bits per heavy atom. The van der Waals surface area contributed by atoms with Gasteiger partial charge in [-0.25, -0.2) is 0 Å². The van der Waals surface area contributed by atoms with E-state index in [4.69, 9.17) is 0 Å². The summed E-state index contributed by atoms with van der Waals surface area (Å²) in [7, 11) is 0. The lowest BCUT2D eigenvalue weighted by atomic mass is 10.1. The molecule has 2 rings (SSSR count). The molecule has 2 atom stereocenters. The van der Waals surface area contributed by atoms with Crippen molar-refractivity contribution in [3.05, 3.63) is 35.9 Å². The van der Waals surface area contributed by atoms with Crippen LogP contribution >= 0.6 is 24.0 Å². The summed E-state index contributed by atoms with van der Waals surface area (Å²) in [6.45, 7) is 12.8. The van der Waals surface area contributed by atoms with E-state index in [0.717, 1.165) is 31.2 Å². The number of guanidine groups is 1. The zero-order valence-electron chi connectivity index (χ0n) is 17.6. The van der Waals surface area contributed by atoms with Crippen LogP contribution in [0.5, 0.6) is 0 Å². The zero-order valence-corrected chi connectivity index (χ0v) is 19.9. The van der Waals surface area contributed by atoms with Crippen molar-refractivity contribution in [3.63, 3.8) is 0 Å². The van der Waals surface area contributed by atoms with Crippen LogP contribution in [0.15, 0.2) is 35.3 Å². The number of benzene rings is 1. The predicted molar refractivity (Wildman–Crippen MR) is 127 cm³/mol. The molecule has 28 heavy (non-hydrogen) atoms. The molecule has 1 saturated heterocycles. The highest BCUT2D eigenvalue weighted by molar-refractivity contribution is 14.0. The number of carbonyl (C=O) groups is 1. The Balaban J connectivity index is 0.00000392. The summed E-state index contributed by atoms with van der Waals surface area (Å²) in [5.74, 6) is 1.40. The van der Waals surface area contributed by atoms with Gasteiger partial charge in [-0.1, -0.05) is 37.3 Å². The molecule has 1 fully saturated rings. The van der Waals surface area contributed by atoms with Crippen molar-refractivity contribution in [2.24, 2.45) is 10.9 Å². The molecule has 6 nitrogen and oxygen atoms in total. The highest BCUT2D eigenvalue weighted by Crippen LogP contribution is 2.18. The molecule has 3 N–H and O–H groups in total. The number of nitrogens with zero attached hydrogens (tertiary/aromatic N) is 2. The maximum atomic E-state index is 12.0. The maximum Gasteiger partial charge on any atom is 0.222 e. The number of nitrogens with one attached hydrogen (secondary N) is 3. The number of hydrogen-bond acceptors (Lipinski definition) is 3. The standard InChI is InChI=1S/C21H35N5O.HI/c1-5-22-21(25-19-15-26(16(2)3)14-17(19)4)23-12-11-20(27)24-13-18-9-7-6-8-10-18;/h6-10,16-17,19H,5,11-15H2,1-4H3,(H,24,27)(H2,22,23,25);1H. The van der Waals surface area contributed by atoms with E-state index in [1.165, 1.54) is 0 Å². The van der Waals surface area contributed by atoms with E-state index in [1.54, 1.807) is 0 Å². The van der Waals surface area contributed by atoms with Gasteiger partial charge in [0, 0.05) is 44.7 Å². The second-order valence-electron chi connectivity index (χ2n) is 7.55. The third-order valence-corrected chi connectivity index (χ3v) is 4.98. The molecule has 0 aliphatic carbocycles. The van der Waals surface area contributed by atoms with Crippen LogP contribution in [0.3, 0.4) is 0 Å². The zero-order chi connectivity index (χ0) is 19.6. The fraction of sp³-hybridized carbons (Fsp3) is 0.619. The van der Waals surface area contributed by atoms with Crippen LogP contribution in [0.4, 0.5) is 0 Å². The van der Waals surface area contributed by atoms with Crippen LogP contribution in [0, 0.1) is 5.92 Å². The molecule has 1 heterocycles. The van der Waals surface area contributed by atoms with Crippen molar-refractivity contribution < 1.29 is 4.79 Å². The Kier molecular flexibility index (Phi) is 11.4. The lowest BCUT2D eigenvalue weighted by Gasteiger charge is -2.21. The Hall–Kier alpha value is -1.35. The van der Waals surface area contributed by atoms with E-state index in [0.29, 0.717) is 37.5 Å². The normalized spacial score (nSPS) is 20.0. The summed E-state index contributed by atoms with van der Waals surface area (Å²) in [6, 6.07) is 10.9. The summed E-state index contributed by atoms with van der Waals surface area (Å²) >= 11 is 0. The molecule has 2 unspecified atom stereocenters. The molecule has 0 aromatic heterocycles. The number of likely N-dealkylation sites (tertiary alicyclic amines) is 1. The lowest BCUT2D eigenvalue weighted by molar-refractivity contribution is -0.121. The Morgan fingerprint density at radius 2 is 1.93 bits per heavy atom. The van der Waals surface area contributed by atoms with Gasteiger partial charge < -0.3 is 16.0 Å². The number of rotatable bonds is 8. The molecule has 1 aliphatic rings. The molecular formula is C21H36IN5O. The van der Waals surface area contributed by atoms with Gasteiger partial charge in [0.25, 0.3) is 0 Å². The van der Waals surface area contributed by atoms with Gasteiger partial charge in [-0.05, 0) is 32.3 Å². The number of carbonyl (C=O) groups excluding carboxylic acids is 1. The third kappa shape index (κ3) is 8.34. The van der Waals surface area contributed by atoms with Crippen molar-refractivity contribution in [2.45, 2.75) is 52.7 Å². The molecule has 1 aromatic rings. The average Bonchev–Trinajstić information content (AvgIpc) is 3.02. The summed E-state index contributed by atoms with van der Waals surface area (Å²) < 4.78 is 0. The smallest absolute Gasteiger partial charge is 0.222 e. The lowest BCUT2D eigenvalue weighted by Crippen LogP contribution is -2.47. The molecule has 1 aliphatic heterocycles. The van der Waals surface area contributed by atoms with E-state index in [9.17, 15) is 4.79 Å². The van der Waals surface area contributed by atoms with E-state index < -0.39 is 0 Å². The molecular weight excluding hydrogens is 465 g/mol. The SMILES string of the molecule is CCNC(=NCCC(=O)NCc1ccccc1)NC1CN(C(C)C)CC1C.I. The minimum Gasteiger partial charge on any atom is -0.357 e. The Morgan fingerprint density at radius 1 is 1.21 bits per heavy atom. The first-order chi connectivity index (χ1) is 13.0. The summed E-state index contributed by atoms with van der Waals surface area (Å²) in [5, 5.41) is 9.79. The van der Waals surface area contributed by atoms with Crippen LogP contribution in [0.25, 0.3) is 0 Å². The first-order valence-corrected chi connectivity index (χ1v) is 10.1. The van der Waals surface area contributed by atoms with Gasteiger partial charge in [-0.15, -0.1) is 24.0 Å². The van der Waals surface area contributed by atoms with Crippen molar-refractivity contribution in [3.8, 4) is 0 Å². The molecule has 158 valence electrons. The van der Waals surface area contributed by atoms with Gasteiger partial charge in [-0.2, -0.15) is 0 Å². The van der Waals surface area contributed by atoms with E-state index in [1.807, 2.05) is 30.3 Å². The quantitative estimate of drug-likeness (QED) is 0.291. The molecule has 1 aromatic carbocycles. The van der Waals surface area contributed by atoms with Crippen LogP contribution in [-0.2, 0) is 11.3 Å². The highest BCUT2D eigenvalue weighted by Gasteiger charge is 2.31. The largest absolute Gasteiger partial charge is 0.357 e. The minimum atomic E-state index is 0. The number of hydrogen-bond donors (Lipinski definition) is 3. The minimum absolute atomic E-state index is 0. The van der Waals surface area contributed by atoms with Crippen LogP contribution in [0.1, 0.15) is 39.7 Å². The number of amides is 1. The number of aliphatic imine (C=N–C) groups is 1. The van der Waals surface area contributed by atoms with Crippen molar-refractivity contribution in [1.29, 1.82) is 0 Å². The third-order valence-electron chi connectivity index (χ3n) is 4.98. The summed E-state index contributed by atoms with van der Waals surface area (Å²) in [6.07, 6.45) is 0.391. The molecule has 0 radical (unpaired) electrons. The van der Waals surface area contributed by atoms with Crippen molar-refractivity contribution >= 4 is 35.8 Å². The van der Waals surface area contributed by atoms with Crippen LogP contribution < -0.4 is 16.0 Å². The summed E-state index contributed by atoms with van der Waals surface area (Å²) in [4.78, 5) is 19.1. The maximum absolute atomic E-state index is 12.0. The Bertz CT molecular complexity index is 608. The molecule has 0 spiro atoms.